The van der Waals surface area contributed by atoms with Gasteiger partial charge in [-0.15, -0.1) is 0 Å². The van der Waals surface area contributed by atoms with Crippen LogP contribution in [0.5, 0.6) is 5.75 Å². The summed E-state index contributed by atoms with van der Waals surface area (Å²) >= 11 is 0. The van der Waals surface area contributed by atoms with Crippen LogP contribution in [0.3, 0.4) is 0 Å². The molecule has 2 aromatic carbocycles. The van der Waals surface area contributed by atoms with Crippen molar-refractivity contribution in [1.82, 2.24) is 9.62 Å². The monoisotopic (exact) mass is 498 g/mol. The van der Waals surface area contributed by atoms with E-state index in [9.17, 15) is 13.8 Å². The number of nitrogens with one attached hydrogen (secondary N) is 3. The Labute approximate surface area is 209 Å². The first-order valence-electron chi connectivity index (χ1n) is 12.0. The van der Waals surface area contributed by atoms with E-state index in [-0.39, 0.29) is 23.9 Å². The Morgan fingerprint density at radius 1 is 1.14 bits per heavy atom. The van der Waals surface area contributed by atoms with Crippen molar-refractivity contribution in [3.05, 3.63) is 52.6 Å². The van der Waals surface area contributed by atoms with Crippen molar-refractivity contribution >= 4 is 34.3 Å². The summed E-state index contributed by atoms with van der Waals surface area (Å²) in [7, 11) is 0.495. The molecule has 0 radical (unpaired) electrons. The van der Waals surface area contributed by atoms with Crippen LogP contribution in [-0.2, 0) is 28.9 Å². The van der Waals surface area contributed by atoms with Gasteiger partial charge in [-0.05, 0) is 67.9 Å². The lowest BCUT2D eigenvalue weighted by Gasteiger charge is -2.40. The van der Waals surface area contributed by atoms with Crippen molar-refractivity contribution in [3.63, 3.8) is 0 Å². The van der Waals surface area contributed by atoms with Crippen LogP contribution in [0, 0.1) is 19.8 Å². The zero-order chi connectivity index (χ0) is 25.1. The molecular formula is C26H34N4O4S. The van der Waals surface area contributed by atoms with Gasteiger partial charge in [0.25, 0.3) is 0 Å². The molecule has 3 N–H and O–H groups in total. The van der Waals surface area contributed by atoms with Gasteiger partial charge in [0, 0.05) is 36.5 Å². The fourth-order valence-corrected chi connectivity index (χ4v) is 5.35. The third-order valence-electron chi connectivity index (χ3n) is 7.10. The molecule has 1 atom stereocenters. The summed E-state index contributed by atoms with van der Waals surface area (Å²) < 4.78 is 19.7. The molecule has 1 saturated carbocycles. The number of fused-ring (bicyclic) bond motifs is 1. The molecule has 35 heavy (non-hydrogen) atoms. The van der Waals surface area contributed by atoms with E-state index in [0.29, 0.717) is 13.1 Å². The van der Waals surface area contributed by atoms with Crippen molar-refractivity contribution in [2.75, 3.05) is 24.0 Å². The summed E-state index contributed by atoms with van der Waals surface area (Å²) in [5.41, 5.74) is 5.73. The van der Waals surface area contributed by atoms with Gasteiger partial charge in [-0.1, -0.05) is 18.2 Å². The zero-order valence-electron chi connectivity index (χ0n) is 20.8. The highest BCUT2D eigenvalue weighted by atomic mass is 32.2. The van der Waals surface area contributed by atoms with Crippen LogP contribution in [0.15, 0.2) is 30.3 Å². The molecule has 9 heteroatoms. The number of ether oxygens (including phenoxy) is 1. The third-order valence-corrected chi connectivity index (χ3v) is 7.66. The third kappa shape index (κ3) is 5.67. The van der Waals surface area contributed by atoms with Crippen LogP contribution < -0.4 is 20.1 Å². The van der Waals surface area contributed by atoms with E-state index in [4.69, 9.17) is 4.74 Å². The van der Waals surface area contributed by atoms with Gasteiger partial charge in [0.1, 0.15) is 5.75 Å². The van der Waals surface area contributed by atoms with Crippen LogP contribution in [0.2, 0.25) is 0 Å². The molecule has 0 aromatic heterocycles. The maximum atomic E-state index is 13.0. The van der Waals surface area contributed by atoms with Crippen LogP contribution in [0.1, 0.15) is 47.9 Å². The van der Waals surface area contributed by atoms with E-state index in [1.807, 2.05) is 49.1 Å². The number of hydrogen-bond donors (Lipinski definition) is 3. The predicted molar refractivity (Wildman–Crippen MR) is 139 cm³/mol. The first kappa shape index (κ1) is 25.2. The van der Waals surface area contributed by atoms with Gasteiger partial charge in [0.15, 0.2) is 0 Å². The van der Waals surface area contributed by atoms with Gasteiger partial charge in [-0.3, -0.25) is 4.79 Å². The minimum absolute atomic E-state index is 0.0177. The normalized spacial score (nSPS) is 20.6. The molecule has 8 nitrogen and oxygen atoms in total. The van der Waals surface area contributed by atoms with Gasteiger partial charge in [-0.2, -0.15) is 0 Å². The van der Waals surface area contributed by atoms with E-state index in [1.54, 1.807) is 13.4 Å². The first-order chi connectivity index (χ1) is 16.8. The number of amides is 3. The average molecular weight is 499 g/mol. The zero-order valence-corrected chi connectivity index (χ0v) is 21.6. The Kier molecular flexibility index (Phi) is 7.76. The second kappa shape index (κ2) is 10.8. The summed E-state index contributed by atoms with van der Waals surface area (Å²) in [6.45, 7) is 4.98. The molecule has 2 aliphatic rings. The van der Waals surface area contributed by atoms with Crippen LogP contribution in [0.25, 0.3) is 0 Å². The van der Waals surface area contributed by atoms with E-state index in [2.05, 4.69) is 15.4 Å². The topological polar surface area (TPSA) is 99.8 Å². The molecule has 3 amide bonds. The molecule has 0 saturated heterocycles. The highest BCUT2D eigenvalue weighted by Crippen LogP contribution is 2.35. The number of anilines is 2. The Bertz CT molecular complexity index is 1140. The van der Waals surface area contributed by atoms with Crippen LogP contribution in [-0.4, -0.2) is 40.5 Å². The standard InChI is InChI=1S/C26H34N4O4S/c1-16-5-7-19(14-27-35(4)33)24-22(16)15-30(26(32)29-24)21-11-8-18(9-12-21)25(31)28-20-10-6-17(2)23(13-20)34-3/h5-7,10,13,18,21,27H,8-9,11-12,14-15H2,1-4H3,(H,28,31)(H,29,32). The molecule has 4 rings (SSSR count). The Morgan fingerprint density at radius 2 is 1.86 bits per heavy atom. The smallest absolute Gasteiger partial charge is 0.322 e. The van der Waals surface area contributed by atoms with E-state index < -0.39 is 11.0 Å². The molecule has 0 spiro atoms. The van der Waals surface area contributed by atoms with Crippen LogP contribution >= 0.6 is 0 Å². The van der Waals surface area contributed by atoms with Crippen molar-refractivity contribution in [2.24, 2.45) is 5.92 Å². The summed E-state index contributed by atoms with van der Waals surface area (Å²) in [6.07, 6.45) is 4.64. The lowest BCUT2D eigenvalue weighted by Crippen LogP contribution is -2.47. The number of benzene rings is 2. The predicted octanol–water partition coefficient (Wildman–Crippen LogP) is 4.24. The van der Waals surface area contributed by atoms with Crippen LogP contribution in [0.4, 0.5) is 16.2 Å². The number of methoxy groups -OCH3 is 1. The number of urea groups is 1. The lowest BCUT2D eigenvalue weighted by atomic mass is 9.84. The fraction of sp³-hybridized carbons (Fsp3) is 0.462. The number of carbonyl (C=O) groups is 2. The molecular weight excluding hydrogens is 464 g/mol. The van der Waals surface area contributed by atoms with Crippen molar-refractivity contribution in [1.29, 1.82) is 0 Å². The molecule has 1 heterocycles. The molecule has 1 aliphatic heterocycles. The minimum Gasteiger partial charge on any atom is -0.496 e. The SMILES string of the molecule is COc1cc(NC(=O)C2CCC(N3Cc4c(C)ccc(CNS(C)=O)c4NC3=O)CC2)ccc1C. The van der Waals surface area contributed by atoms with E-state index in [1.165, 1.54) is 0 Å². The highest BCUT2D eigenvalue weighted by molar-refractivity contribution is 7.82. The van der Waals surface area contributed by atoms with Crippen molar-refractivity contribution in [2.45, 2.75) is 58.7 Å². The second-order valence-corrected chi connectivity index (χ2v) is 10.6. The molecule has 1 aliphatic carbocycles. The largest absolute Gasteiger partial charge is 0.496 e. The minimum atomic E-state index is -1.13. The van der Waals surface area contributed by atoms with E-state index in [0.717, 1.165) is 65.1 Å². The Hall–Kier alpha value is -2.91. The maximum Gasteiger partial charge on any atom is 0.322 e. The molecule has 1 fully saturated rings. The Balaban J connectivity index is 1.38. The fourth-order valence-electron chi connectivity index (χ4n) is 4.99. The van der Waals surface area contributed by atoms with Crippen molar-refractivity contribution in [3.8, 4) is 5.75 Å². The number of nitrogens with zero attached hydrogens (tertiary/aromatic N) is 1. The molecule has 188 valence electrons. The maximum absolute atomic E-state index is 13.0. The van der Waals surface area contributed by atoms with Gasteiger partial charge < -0.3 is 20.3 Å². The van der Waals surface area contributed by atoms with Crippen molar-refractivity contribution < 1.29 is 18.5 Å². The summed E-state index contributed by atoms with van der Waals surface area (Å²) in [5.74, 6) is 0.692. The number of rotatable bonds is 7. The number of aryl methyl sites for hydroxylation is 2. The van der Waals surface area contributed by atoms with Gasteiger partial charge in [0.05, 0.1) is 30.3 Å². The molecule has 1 unspecified atom stereocenters. The lowest BCUT2D eigenvalue weighted by molar-refractivity contribution is -0.121. The second-order valence-electron chi connectivity index (χ2n) is 9.41. The van der Waals surface area contributed by atoms with Gasteiger partial charge in [0.2, 0.25) is 5.91 Å². The van der Waals surface area contributed by atoms with E-state index >= 15 is 0 Å². The summed E-state index contributed by atoms with van der Waals surface area (Å²) in [4.78, 5) is 27.8. The highest BCUT2D eigenvalue weighted by Gasteiger charge is 2.35. The quantitative estimate of drug-likeness (QED) is 0.532. The molecule has 0 bridgehead atoms. The molecule has 2 aromatic rings. The average Bonchev–Trinajstić information content (AvgIpc) is 2.84. The number of hydrogen-bond acceptors (Lipinski definition) is 4. The van der Waals surface area contributed by atoms with Gasteiger partial charge >= 0.3 is 6.03 Å². The summed E-state index contributed by atoms with van der Waals surface area (Å²) in [5, 5.41) is 6.10. The Morgan fingerprint density at radius 3 is 2.54 bits per heavy atom. The summed E-state index contributed by atoms with van der Waals surface area (Å²) in [6, 6.07) is 9.67. The van der Waals surface area contributed by atoms with Gasteiger partial charge in [-0.25, -0.2) is 13.7 Å². The first-order valence-corrected chi connectivity index (χ1v) is 13.5. The number of carbonyl (C=O) groups excluding carboxylic acids is 2.